The molecule has 3 rings (SSSR count). The van der Waals surface area contributed by atoms with Crippen LogP contribution in [0.1, 0.15) is 29.8 Å². The molecule has 156 valence electrons. The number of aromatic amines is 1. The van der Waals surface area contributed by atoms with Gasteiger partial charge >= 0.3 is 6.03 Å². The zero-order valence-electron chi connectivity index (χ0n) is 17.2. The maximum atomic E-state index is 12.4. The minimum Gasteiger partial charge on any atom is -0.497 e. The Labute approximate surface area is 177 Å². The minimum atomic E-state index is -0.222. The molecule has 0 fully saturated rings. The topological polar surface area (TPSA) is 75.4 Å². The van der Waals surface area contributed by atoms with E-state index in [9.17, 15) is 4.79 Å². The van der Waals surface area contributed by atoms with E-state index < -0.39 is 0 Å². The number of rotatable bonds is 7. The summed E-state index contributed by atoms with van der Waals surface area (Å²) in [5.74, 6) is 1.43. The number of aromatic nitrogens is 1. The standard InChI is InChI=1S/C22H27N3O3.ClH/c1-14-17(18-7-5-6-8-20(18)24-14)11-12-23-22(26)25-15(2)19-13-16(27-3)9-10-21(19)28-4;/h5-10,13,15,24H,11-12H2,1-4H3,(H2,23,25,26);1H. The Morgan fingerprint density at radius 3 is 2.62 bits per heavy atom. The summed E-state index contributed by atoms with van der Waals surface area (Å²) in [5, 5.41) is 7.11. The van der Waals surface area contributed by atoms with Crippen molar-refractivity contribution in [2.75, 3.05) is 20.8 Å². The molecule has 0 saturated carbocycles. The summed E-state index contributed by atoms with van der Waals surface area (Å²) in [5.41, 5.74) is 4.36. The normalized spacial score (nSPS) is 11.4. The summed E-state index contributed by atoms with van der Waals surface area (Å²) in [6.45, 7) is 4.53. The van der Waals surface area contributed by atoms with Crippen molar-refractivity contribution in [3.05, 3.63) is 59.3 Å². The molecule has 0 aliphatic rings. The van der Waals surface area contributed by atoms with Crippen LogP contribution >= 0.6 is 12.4 Å². The van der Waals surface area contributed by atoms with E-state index in [1.165, 1.54) is 10.9 Å². The number of H-pyrrole nitrogens is 1. The minimum absolute atomic E-state index is 0. The van der Waals surface area contributed by atoms with Crippen molar-refractivity contribution in [3.63, 3.8) is 0 Å². The lowest BCUT2D eigenvalue weighted by atomic mass is 10.1. The Morgan fingerprint density at radius 1 is 1.14 bits per heavy atom. The van der Waals surface area contributed by atoms with Gasteiger partial charge in [0.05, 0.1) is 20.3 Å². The predicted octanol–water partition coefficient (Wildman–Crippen LogP) is 4.52. The van der Waals surface area contributed by atoms with Crippen LogP contribution in [0.15, 0.2) is 42.5 Å². The summed E-state index contributed by atoms with van der Waals surface area (Å²) < 4.78 is 10.7. The first-order chi connectivity index (χ1) is 13.5. The summed E-state index contributed by atoms with van der Waals surface area (Å²) in [6.07, 6.45) is 0.764. The molecule has 2 amide bonds. The van der Waals surface area contributed by atoms with Crippen LogP contribution in [-0.4, -0.2) is 31.8 Å². The number of carbonyl (C=O) groups excluding carboxylic acids is 1. The quantitative estimate of drug-likeness (QED) is 0.529. The number of benzene rings is 2. The van der Waals surface area contributed by atoms with E-state index in [0.717, 1.165) is 28.9 Å². The van der Waals surface area contributed by atoms with Crippen molar-refractivity contribution in [2.45, 2.75) is 26.3 Å². The Morgan fingerprint density at radius 2 is 1.90 bits per heavy atom. The van der Waals surface area contributed by atoms with Crippen molar-refractivity contribution >= 4 is 29.3 Å². The smallest absolute Gasteiger partial charge is 0.315 e. The fraction of sp³-hybridized carbons (Fsp3) is 0.318. The maximum Gasteiger partial charge on any atom is 0.315 e. The summed E-state index contributed by atoms with van der Waals surface area (Å²) in [6, 6.07) is 13.3. The molecule has 1 aromatic heterocycles. The molecule has 6 nitrogen and oxygen atoms in total. The fourth-order valence-electron chi connectivity index (χ4n) is 3.46. The molecule has 3 aromatic rings. The van der Waals surface area contributed by atoms with Crippen LogP contribution in [0.25, 0.3) is 10.9 Å². The van der Waals surface area contributed by atoms with Crippen LogP contribution in [0.3, 0.4) is 0 Å². The van der Waals surface area contributed by atoms with Gasteiger partial charge in [0.25, 0.3) is 0 Å². The number of hydrogen-bond acceptors (Lipinski definition) is 3. The van der Waals surface area contributed by atoms with Gasteiger partial charge in [0.1, 0.15) is 11.5 Å². The van der Waals surface area contributed by atoms with Crippen LogP contribution in [0.2, 0.25) is 0 Å². The molecule has 7 heteroatoms. The van der Waals surface area contributed by atoms with Gasteiger partial charge in [-0.15, -0.1) is 12.4 Å². The first-order valence-electron chi connectivity index (χ1n) is 9.36. The third-order valence-electron chi connectivity index (χ3n) is 4.94. The van der Waals surface area contributed by atoms with Gasteiger partial charge in [-0.25, -0.2) is 4.79 Å². The van der Waals surface area contributed by atoms with Gasteiger partial charge in [-0.2, -0.15) is 0 Å². The van der Waals surface area contributed by atoms with E-state index in [1.807, 2.05) is 37.3 Å². The largest absolute Gasteiger partial charge is 0.497 e. The second-order valence-electron chi connectivity index (χ2n) is 6.75. The maximum absolute atomic E-state index is 12.4. The van der Waals surface area contributed by atoms with Crippen molar-refractivity contribution in [2.24, 2.45) is 0 Å². The van der Waals surface area contributed by atoms with Gasteiger partial charge in [0.15, 0.2) is 0 Å². The fourth-order valence-corrected chi connectivity index (χ4v) is 3.46. The Balaban J connectivity index is 0.00000300. The molecule has 2 aromatic carbocycles. The molecule has 0 radical (unpaired) electrons. The van der Waals surface area contributed by atoms with Crippen LogP contribution in [0.4, 0.5) is 4.79 Å². The number of urea groups is 1. The zero-order chi connectivity index (χ0) is 20.1. The lowest BCUT2D eigenvalue weighted by Gasteiger charge is -2.18. The van der Waals surface area contributed by atoms with Gasteiger partial charge < -0.3 is 25.1 Å². The molecule has 0 aliphatic heterocycles. The first-order valence-corrected chi connectivity index (χ1v) is 9.36. The second kappa shape index (κ2) is 10.1. The molecular formula is C22H28ClN3O3. The van der Waals surface area contributed by atoms with Gasteiger partial charge in [-0.05, 0) is 50.1 Å². The van der Waals surface area contributed by atoms with Crippen LogP contribution in [-0.2, 0) is 6.42 Å². The molecule has 1 unspecified atom stereocenters. The number of halogens is 1. The van der Waals surface area contributed by atoms with Gasteiger partial charge in [-0.3, -0.25) is 0 Å². The summed E-state index contributed by atoms with van der Waals surface area (Å²) >= 11 is 0. The Kier molecular flexibility index (Phi) is 7.79. The average Bonchev–Trinajstić information content (AvgIpc) is 3.02. The molecule has 1 atom stereocenters. The van der Waals surface area contributed by atoms with Crippen molar-refractivity contribution in [3.8, 4) is 11.5 Å². The third-order valence-corrected chi connectivity index (χ3v) is 4.94. The second-order valence-corrected chi connectivity index (χ2v) is 6.75. The molecule has 29 heavy (non-hydrogen) atoms. The number of hydrogen-bond donors (Lipinski definition) is 3. The van der Waals surface area contributed by atoms with E-state index in [-0.39, 0.29) is 24.5 Å². The molecule has 1 heterocycles. The number of carbonyl (C=O) groups is 1. The molecule has 0 bridgehead atoms. The van der Waals surface area contributed by atoms with Crippen molar-refractivity contribution < 1.29 is 14.3 Å². The molecular weight excluding hydrogens is 390 g/mol. The van der Waals surface area contributed by atoms with Crippen molar-refractivity contribution in [1.29, 1.82) is 0 Å². The average molecular weight is 418 g/mol. The SMILES string of the molecule is COc1ccc(OC)c(C(C)NC(=O)NCCc2c(C)[nH]c3ccccc23)c1.Cl. The first kappa shape index (κ1) is 22.4. The van der Waals surface area contributed by atoms with Crippen LogP contribution < -0.4 is 20.1 Å². The van der Waals surface area contributed by atoms with Gasteiger partial charge in [0, 0.05) is 28.7 Å². The predicted molar refractivity (Wildman–Crippen MR) is 118 cm³/mol. The number of amides is 2. The number of aryl methyl sites for hydroxylation is 1. The van der Waals surface area contributed by atoms with E-state index in [2.05, 4.69) is 34.7 Å². The number of ether oxygens (including phenoxy) is 2. The Hall–Kier alpha value is -2.86. The van der Waals surface area contributed by atoms with E-state index >= 15 is 0 Å². The highest BCUT2D eigenvalue weighted by Gasteiger charge is 2.15. The molecule has 0 saturated heterocycles. The van der Waals surface area contributed by atoms with Gasteiger partial charge in [0.2, 0.25) is 0 Å². The van der Waals surface area contributed by atoms with Gasteiger partial charge in [-0.1, -0.05) is 18.2 Å². The van der Waals surface area contributed by atoms with Crippen LogP contribution in [0, 0.1) is 6.92 Å². The summed E-state index contributed by atoms with van der Waals surface area (Å²) in [7, 11) is 3.23. The lowest BCUT2D eigenvalue weighted by Crippen LogP contribution is -2.38. The Bertz CT molecular complexity index is 971. The highest BCUT2D eigenvalue weighted by atomic mass is 35.5. The number of fused-ring (bicyclic) bond motifs is 1. The highest BCUT2D eigenvalue weighted by molar-refractivity contribution is 5.85. The third kappa shape index (κ3) is 5.15. The molecule has 3 N–H and O–H groups in total. The highest BCUT2D eigenvalue weighted by Crippen LogP contribution is 2.29. The van der Waals surface area contributed by atoms with E-state index in [1.54, 1.807) is 14.2 Å². The van der Waals surface area contributed by atoms with E-state index in [4.69, 9.17) is 9.47 Å². The monoisotopic (exact) mass is 417 g/mol. The van der Waals surface area contributed by atoms with Crippen molar-refractivity contribution in [1.82, 2.24) is 15.6 Å². The zero-order valence-corrected chi connectivity index (χ0v) is 18.0. The molecule has 0 aliphatic carbocycles. The number of nitrogens with one attached hydrogen (secondary N) is 3. The number of para-hydroxylation sites is 1. The lowest BCUT2D eigenvalue weighted by molar-refractivity contribution is 0.238. The van der Waals surface area contributed by atoms with Crippen LogP contribution in [0.5, 0.6) is 11.5 Å². The molecule has 0 spiro atoms. The number of methoxy groups -OCH3 is 2. The summed E-state index contributed by atoms with van der Waals surface area (Å²) in [4.78, 5) is 15.7. The van der Waals surface area contributed by atoms with E-state index in [0.29, 0.717) is 12.3 Å².